The van der Waals surface area contributed by atoms with Gasteiger partial charge in [-0.2, -0.15) is 0 Å². The zero-order valence-corrected chi connectivity index (χ0v) is 21.8. The lowest BCUT2D eigenvalue weighted by molar-refractivity contribution is -0.129. The third-order valence-corrected chi connectivity index (χ3v) is 6.20. The Labute approximate surface area is 207 Å². The Bertz CT molecular complexity index is 1120. The zero-order valence-electron chi connectivity index (χ0n) is 19.6. The summed E-state index contributed by atoms with van der Waals surface area (Å²) in [5.74, 6) is 1.49. The van der Waals surface area contributed by atoms with Crippen molar-refractivity contribution in [2.24, 2.45) is 0 Å². The Balaban J connectivity index is 2.28. The number of esters is 1. The van der Waals surface area contributed by atoms with E-state index in [0.29, 0.717) is 35.8 Å². The number of amides is 1. The highest BCUT2D eigenvalue weighted by molar-refractivity contribution is 14.1. The maximum Gasteiger partial charge on any atom is 0.336 e. The summed E-state index contributed by atoms with van der Waals surface area (Å²) < 4.78 is 23.3. The molecular formula is C25H28INO6. The second-order valence-electron chi connectivity index (χ2n) is 7.98. The van der Waals surface area contributed by atoms with Crippen molar-refractivity contribution in [1.29, 1.82) is 0 Å². The molecule has 0 radical (unpaired) electrons. The summed E-state index contributed by atoms with van der Waals surface area (Å²) in [4.78, 5) is 24.3. The quantitative estimate of drug-likeness (QED) is 0.230. The molecule has 8 heteroatoms. The van der Waals surface area contributed by atoms with Gasteiger partial charge in [0, 0.05) is 18.6 Å². The molecule has 0 spiro atoms. The molecule has 0 saturated carbocycles. The summed E-state index contributed by atoms with van der Waals surface area (Å²) in [6.45, 7) is 5.16. The van der Waals surface area contributed by atoms with Crippen LogP contribution in [0.25, 0.3) is 11.1 Å². The number of allylic oxidation sites excluding steroid dienone is 1. The number of carbonyl (C=O) groups excluding carboxylic acids is 2. The van der Waals surface area contributed by atoms with E-state index in [4.69, 9.17) is 18.9 Å². The van der Waals surface area contributed by atoms with Crippen molar-refractivity contribution < 1.29 is 28.5 Å². The van der Waals surface area contributed by atoms with Gasteiger partial charge >= 0.3 is 5.97 Å². The molecular weight excluding hydrogens is 537 g/mol. The molecule has 1 atom stereocenters. The highest BCUT2D eigenvalue weighted by Crippen LogP contribution is 2.51. The maximum atomic E-state index is 12.3. The van der Waals surface area contributed by atoms with Gasteiger partial charge in [-0.05, 0) is 84.2 Å². The van der Waals surface area contributed by atoms with E-state index >= 15 is 0 Å². The number of hydrogen-bond acceptors (Lipinski definition) is 6. The summed E-state index contributed by atoms with van der Waals surface area (Å²) in [6, 6.07) is 5.46. The van der Waals surface area contributed by atoms with Crippen molar-refractivity contribution in [2.45, 2.75) is 39.7 Å². The fourth-order valence-electron chi connectivity index (χ4n) is 4.08. The molecule has 2 aromatic carbocycles. The number of ether oxygens (including phenoxy) is 4. The van der Waals surface area contributed by atoms with Crippen LogP contribution in [0.4, 0.5) is 0 Å². The van der Waals surface area contributed by atoms with Crippen molar-refractivity contribution in [2.75, 3.05) is 21.3 Å². The predicted molar refractivity (Wildman–Crippen MR) is 134 cm³/mol. The van der Waals surface area contributed by atoms with E-state index in [1.165, 1.54) is 13.0 Å². The van der Waals surface area contributed by atoms with Gasteiger partial charge in [0.1, 0.15) is 5.75 Å². The van der Waals surface area contributed by atoms with Gasteiger partial charge in [0.25, 0.3) is 0 Å². The molecule has 0 unspecified atom stereocenters. The minimum Gasteiger partial charge on any atom is -0.493 e. The number of aryl methyl sites for hydroxylation is 1. The van der Waals surface area contributed by atoms with E-state index in [2.05, 4.69) is 27.9 Å². The summed E-state index contributed by atoms with van der Waals surface area (Å²) in [5, 5.41) is 3.04. The number of nitrogens with one attached hydrogen (secondary N) is 1. The number of halogens is 1. The van der Waals surface area contributed by atoms with E-state index in [-0.39, 0.29) is 11.9 Å². The molecule has 7 nitrogen and oxygen atoms in total. The highest BCUT2D eigenvalue weighted by atomic mass is 127. The number of benzene rings is 2. The number of rotatable bonds is 6. The van der Waals surface area contributed by atoms with Gasteiger partial charge in [-0.15, -0.1) is 0 Å². The normalized spacial score (nSPS) is 14.2. The molecule has 0 heterocycles. The number of fused-ring (bicyclic) bond motifs is 3. The molecule has 1 aliphatic carbocycles. The molecule has 3 rings (SSSR count). The van der Waals surface area contributed by atoms with Gasteiger partial charge in [0.15, 0.2) is 11.5 Å². The number of methoxy groups -OCH3 is 3. The predicted octanol–water partition coefficient (Wildman–Crippen LogP) is 4.98. The van der Waals surface area contributed by atoms with Crippen LogP contribution in [0.5, 0.6) is 23.0 Å². The van der Waals surface area contributed by atoms with Crippen LogP contribution in [0.1, 0.15) is 44.4 Å². The van der Waals surface area contributed by atoms with Gasteiger partial charge in [-0.1, -0.05) is 5.57 Å². The molecule has 1 N–H and O–H groups in total. The molecule has 0 aliphatic heterocycles. The summed E-state index contributed by atoms with van der Waals surface area (Å²) in [7, 11) is 4.75. The average Bonchev–Trinajstić information content (AvgIpc) is 2.88. The first-order valence-corrected chi connectivity index (χ1v) is 11.6. The monoisotopic (exact) mass is 565 g/mol. The molecule has 176 valence electrons. The third kappa shape index (κ3) is 5.26. The van der Waals surface area contributed by atoms with E-state index < -0.39 is 5.97 Å². The van der Waals surface area contributed by atoms with Crippen molar-refractivity contribution >= 4 is 34.5 Å². The third-order valence-electron chi connectivity index (χ3n) is 5.36. The minimum absolute atomic E-state index is 0.138. The topological polar surface area (TPSA) is 83.1 Å². The molecule has 1 aliphatic rings. The first-order chi connectivity index (χ1) is 15.7. The Morgan fingerprint density at radius 1 is 1.00 bits per heavy atom. The van der Waals surface area contributed by atoms with Crippen LogP contribution >= 0.6 is 22.6 Å². The summed E-state index contributed by atoms with van der Waals surface area (Å²) in [5.41, 5.74) is 4.46. The van der Waals surface area contributed by atoms with Crippen LogP contribution in [0, 0.1) is 3.57 Å². The zero-order chi connectivity index (χ0) is 24.3. The number of hydrogen-bond donors (Lipinski definition) is 1. The Kier molecular flexibility index (Phi) is 7.88. The van der Waals surface area contributed by atoms with E-state index in [0.717, 1.165) is 31.4 Å². The Morgan fingerprint density at radius 3 is 2.27 bits per heavy atom. The van der Waals surface area contributed by atoms with Crippen LogP contribution in [0.3, 0.4) is 0 Å². The molecule has 0 bridgehead atoms. The molecule has 0 fully saturated rings. The van der Waals surface area contributed by atoms with Crippen LogP contribution in [0.15, 0.2) is 29.8 Å². The van der Waals surface area contributed by atoms with Gasteiger partial charge in [0.05, 0.1) is 30.9 Å². The maximum absolute atomic E-state index is 12.3. The summed E-state index contributed by atoms with van der Waals surface area (Å²) in [6.07, 6.45) is 2.78. The first-order valence-electron chi connectivity index (χ1n) is 10.5. The van der Waals surface area contributed by atoms with E-state index in [1.807, 2.05) is 32.0 Å². The Morgan fingerprint density at radius 2 is 1.70 bits per heavy atom. The Hall–Kier alpha value is -2.75. The van der Waals surface area contributed by atoms with Gasteiger partial charge in [-0.25, -0.2) is 4.79 Å². The van der Waals surface area contributed by atoms with Gasteiger partial charge < -0.3 is 24.3 Å². The lowest BCUT2D eigenvalue weighted by Crippen LogP contribution is -2.26. The fraction of sp³-hybridized carbons (Fsp3) is 0.360. The summed E-state index contributed by atoms with van der Waals surface area (Å²) >= 11 is 2.15. The first kappa shape index (κ1) is 24.9. The van der Waals surface area contributed by atoms with Crippen molar-refractivity contribution in [1.82, 2.24) is 5.32 Å². The molecule has 0 aromatic heterocycles. The largest absolute Gasteiger partial charge is 0.493 e. The van der Waals surface area contributed by atoms with E-state index in [9.17, 15) is 9.59 Å². The SMILES string of the molecule is COc1cc2c(c(OC)c1OC)-c1cc(I)c(OC(=O)C=C(C)C)cc1[C@@H](NC(C)=O)CC2. The van der Waals surface area contributed by atoms with Crippen LogP contribution in [-0.2, 0) is 16.0 Å². The van der Waals surface area contributed by atoms with Crippen molar-refractivity contribution in [3.05, 3.63) is 44.5 Å². The van der Waals surface area contributed by atoms with Crippen LogP contribution in [-0.4, -0.2) is 33.2 Å². The molecule has 33 heavy (non-hydrogen) atoms. The highest BCUT2D eigenvalue weighted by Gasteiger charge is 2.30. The lowest BCUT2D eigenvalue weighted by Gasteiger charge is -2.22. The van der Waals surface area contributed by atoms with Crippen LogP contribution < -0.4 is 24.3 Å². The standard InChI is InChI=1S/C25H28INO6/c1-13(2)9-22(29)33-20-12-16-17(11-18(20)26)23-15(7-8-19(16)27-14(3)28)10-21(30-4)24(31-5)25(23)32-6/h9-12,19H,7-8H2,1-6H3,(H,27,28)/t19-/m0/s1. The average molecular weight is 565 g/mol. The fourth-order valence-corrected chi connectivity index (χ4v) is 4.65. The molecule has 2 aromatic rings. The lowest BCUT2D eigenvalue weighted by atomic mass is 9.93. The minimum atomic E-state index is -0.443. The van der Waals surface area contributed by atoms with Crippen LogP contribution in [0.2, 0.25) is 0 Å². The van der Waals surface area contributed by atoms with Gasteiger partial charge in [-0.3, -0.25) is 4.79 Å². The number of carbonyl (C=O) groups is 2. The van der Waals surface area contributed by atoms with Crippen molar-refractivity contribution in [3.8, 4) is 34.1 Å². The molecule has 1 amide bonds. The van der Waals surface area contributed by atoms with E-state index in [1.54, 1.807) is 21.3 Å². The van der Waals surface area contributed by atoms with Crippen molar-refractivity contribution in [3.63, 3.8) is 0 Å². The second kappa shape index (κ2) is 10.5. The second-order valence-corrected chi connectivity index (χ2v) is 9.15. The molecule has 0 saturated heterocycles. The smallest absolute Gasteiger partial charge is 0.336 e. The van der Waals surface area contributed by atoms with Gasteiger partial charge in [0.2, 0.25) is 11.7 Å².